The van der Waals surface area contributed by atoms with E-state index < -0.39 is 17.2 Å². The largest absolute Gasteiger partial charge is 0.463 e. The molecule has 0 N–H and O–H groups in total. The molecule has 3 heterocycles. The molecular weight excluding hydrogens is 455 g/mol. The molecule has 29 heavy (non-hydrogen) atoms. The highest BCUT2D eigenvalue weighted by atomic mass is 79.9. The summed E-state index contributed by atoms with van der Waals surface area (Å²) in [5.41, 5.74) is 0.399. The molecule has 6 nitrogen and oxygen atoms in total. The van der Waals surface area contributed by atoms with Crippen LogP contribution in [0.3, 0.4) is 0 Å². The van der Waals surface area contributed by atoms with Crippen molar-refractivity contribution in [1.82, 2.24) is 14.9 Å². The fourth-order valence-electron chi connectivity index (χ4n) is 4.07. The van der Waals surface area contributed by atoms with Crippen molar-refractivity contribution in [1.29, 1.82) is 0 Å². The third-order valence-electron chi connectivity index (χ3n) is 5.93. The van der Waals surface area contributed by atoms with Crippen LogP contribution in [0.5, 0.6) is 6.01 Å². The Hall–Kier alpha value is -1.49. The third-order valence-corrected chi connectivity index (χ3v) is 6.76. The summed E-state index contributed by atoms with van der Waals surface area (Å²) in [6, 6.07) is -0.105. The maximum atomic E-state index is 14.8. The SMILES string of the molecule is Fc1c(Br)c2c(c3cnc(OCC4(CN5CCOCC5)CC4(F)F)nc13)COC2. The molecule has 1 unspecified atom stereocenters. The highest BCUT2D eigenvalue weighted by molar-refractivity contribution is 9.10. The number of benzene rings is 1. The molecule has 1 aromatic heterocycles. The maximum absolute atomic E-state index is 14.8. The van der Waals surface area contributed by atoms with Crippen LogP contribution in [-0.2, 0) is 22.7 Å². The second-order valence-corrected chi connectivity index (χ2v) is 8.62. The molecule has 2 aromatic rings. The molecule has 0 bridgehead atoms. The first kappa shape index (κ1) is 19.5. The molecule has 2 aliphatic heterocycles. The van der Waals surface area contributed by atoms with Gasteiger partial charge in [-0.15, -0.1) is 0 Å². The van der Waals surface area contributed by atoms with E-state index in [0.717, 1.165) is 11.1 Å². The zero-order valence-electron chi connectivity index (χ0n) is 15.5. The topological polar surface area (TPSA) is 56.7 Å². The number of alkyl halides is 2. The van der Waals surface area contributed by atoms with Crippen molar-refractivity contribution in [3.63, 3.8) is 0 Å². The molecule has 0 amide bonds. The van der Waals surface area contributed by atoms with Crippen molar-refractivity contribution in [3.8, 4) is 6.01 Å². The van der Waals surface area contributed by atoms with Gasteiger partial charge in [0.05, 0.1) is 36.3 Å². The first-order chi connectivity index (χ1) is 13.9. The summed E-state index contributed by atoms with van der Waals surface area (Å²) in [4.78, 5) is 10.3. The van der Waals surface area contributed by atoms with Crippen LogP contribution < -0.4 is 4.74 Å². The summed E-state index contributed by atoms with van der Waals surface area (Å²) in [6.45, 7) is 3.00. The fraction of sp³-hybridized carbons (Fsp3) is 0.579. The van der Waals surface area contributed by atoms with E-state index in [4.69, 9.17) is 14.2 Å². The minimum Gasteiger partial charge on any atom is -0.463 e. The molecule has 0 spiro atoms. The van der Waals surface area contributed by atoms with E-state index >= 15 is 0 Å². The van der Waals surface area contributed by atoms with E-state index in [9.17, 15) is 13.2 Å². The first-order valence-corrected chi connectivity index (χ1v) is 10.2. The van der Waals surface area contributed by atoms with Crippen LogP contribution in [0.2, 0.25) is 0 Å². The summed E-state index contributed by atoms with van der Waals surface area (Å²) in [5.74, 6) is -3.33. The standard InChI is InChI=1S/C19H19BrF3N3O3/c20-14-13-7-28-6-12(13)11-5-24-17(25-16(11)15(14)21)29-10-18(8-19(18,22)23)9-26-1-3-27-4-2-26/h5H,1-4,6-10H2. The molecule has 1 saturated heterocycles. The number of hydrogen-bond donors (Lipinski definition) is 0. The Morgan fingerprint density at radius 2 is 1.90 bits per heavy atom. The Morgan fingerprint density at radius 1 is 1.17 bits per heavy atom. The van der Waals surface area contributed by atoms with Crippen molar-refractivity contribution in [3.05, 3.63) is 27.6 Å². The number of halogens is 4. The molecule has 1 aromatic carbocycles. The lowest BCUT2D eigenvalue weighted by atomic mass is 10.1. The zero-order valence-corrected chi connectivity index (χ0v) is 17.1. The minimum absolute atomic E-state index is 0.0934. The van der Waals surface area contributed by atoms with Gasteiger partial charge in [-0.05, 0) is 21.5 Å². The highest BCUT2D eigenvalue weighted by Gasteiger charge is 2.72. The summed E-state index contributed by atoms with van der Waals surface area (Å²) < 4.78 is 59.7. The third kappa shape index (κ3) is 3.30. The molecule has 10 heteroatoms. The normalized spacial score (nSPS) is 25.9. The van der Waals surface area contributed by atoms with E-state index in [1.165, 1.54) is 6.20 Å². The van der Waals surface area contributed by atoms with E-state index in [0.29, 0.717) is 49.4 Å². The summed E-state index contributed by atoms with van der Waals surface area (Å²) in [6.07, 6.45) is 1.23. The van der Waals surface area contributed by atoms with Crippen LogP contribution in [0.4, 0.5) is 13.2 Å². The van der Waals surface area contributed by atoms with Gasteiger partial charge in [-0.2, -0.15) is 4.98 Å². The number of morpholine rings is 1. The predicted molar refractivity (Wildman–Crippen MR) is 100 cm³/mol. The number of fused-ring (bicyclic) bond motifs is 3. The average Bonchev–Trinajstić information content (AvgIpc) is 3.06. The van der Waals surface area contributed by atoms with E-state index in [1.807, 2.05) is 4.90 Å². The van der Waals surface area contributed by atoms with Crippen molar-refractivity contribution in [2.75, 3.05) is 39.5 Å². The number of aromatic nitrogens is 2. The lowest BCUT2D eigenvalue weighted by Gasteiger charge is -2.30. The Labute approximate surface area is 173 Å². The smallest absolute Gasteiger partial charge is 0.317 e. The minimum atomic E-state index is -2.80. The van der Waals surface area contributed by atoms with Crippen LogP contribution in [0.1, 0.15) is 17.5 Å². The highest BCUT2D eigenvalue weighted by Crippen LogP contribution is 2.60. The Balaban J connectivity index is 1.37. The van der Waals surface area contributed by atoms with Gasteiger partial charge in [-0.3, -0.25) is 4.90 Å². The molecule has 156 valence electrons. The molecule has 3 aliphatic rings. The molecule has 1 saturated carbocycles. The van der Waals surface area contributed by atoms with Gasteiger partial charge >= 0.3 is 6.01 Å². The van der Waals surface area contributed by atoms with E-state index in [-0.39, 0.29) is 31.1 Å². The van der Waals surface area contributed by atoms with E-state index in [2.05, 4.69) is 25.9 Å². The van der Waals surface area contributed by atoms with Crippen LogP contribution >= 0.6 is 15.9 Å². The van der Waals surface area contributed by atoms with Gasteiger partial charge in [0, 0.05) is 43.2 Å². The lowest BCUT2D eigenvalue weighted by Crippen LogP contribution is -2.43. The first-order valence-electron chi connectivity index (χ1n) is 9.44. The lowest BCUT2D eigenvalue weighted by molar-refractivity contribution is -0.0101. The van der Waals surface area contributed by atoms with Gasteiger partial charge in [0.15, 0.2) is 5.82 Å². The van der Waals surface area contributed by atoms with Gasteiger partial charge in [-0.25, -0.2) is 18.2 Å². The summed E-state index contributed by atoms with van der Waals surface area (Å²) in [7, 11) is 0. The van der Waals surface area contributed by atoms with Crippen molar-refractivity contribution >= 4 is 26.8 Å². The van der Waals surface area contributed by atoms with Gasteiger partial charge < -0.3 is 14.2 Å². The van der Waals surface area contributed by atoms with Gasteiger partial charge in [0.25, 0.3) is 5.92 Å². The molecule has 1 atom stereocenters. The van der Waals surface area contributed by atoms with Gasteiger partial charge in [0.2, 0.25) is 0 Å². The van der Waals surface area contributed by atoms with Crippen LogP contribution in [0, 0.1) is 11.2 Å². The predicted octanol–water partition coefficient (Wildman–Crippen LogP) is 3.30. The van der Waals surface area contributed by atoms with Crippen LogP contribution in [0.25, 0.3) is 10.9 Å². The quantitative estimate of drug-likeness (QED) is 0.663. The zero-order chi connectivity index (χ0) is 20.2. The van der Waals surface area contributed by atoms with Crippen molar-refractivity contribution < 1.29 is 27.4 Å². The average molecular weight is 474 g/mol. The fourth-order valence-corrected chi connectivity index (χ4v) is 4.61. The number of nitrogens with zero attached hydrogens (tertiary/aromatic N) is 3. The molecule has 0 radical (unpaired) electrons. The molecule has 5 rings (SSSR count). The number of hydrogen-bond acceptors (Lipinski definition) is 6. The number of rotatable bonds is 5. The number of ether oxygens (including phenoxy) is 3. The molecular formula is C19H19BrF3N3O3. The van der Waals surface area contributed by atoms with Crippen molar-refractivity contribution in [2.45, 2.75) is 25.6 Å². The monoisotopic (exact) mass is 473 g/mol. The summed E-state index contributed by atoms with van der Waals surface area (Å²) in [5, 5.41) is 0.547. The summed E-state index contributed by atoms with van der Waals surface area (Å²) >= 11 is 3.26. The Kier molecular flexibility index (Phi) is 4.73. The van der Waals surface area contributed by atoms with Crippen LogP contribution in [-0.4, -0.2) is 60.2 Å². The second-order valence-electron chi connectivity index (χ2n) is 7.83. The second kappa shape index (κ2) is 7.04. The Bertz CT molecular complexity index is 971. The van der Waals surface area contributed by atoms with Crippen LogP contribution in [0.15, 0.2) is 10.7 Å². The molecule has 2 fully saturated rings. The van der Waals surface area contributed by atoms with Gasteiger partial charge in [0.1, 0.15) is 12.1 Å². The molecule has 1 aliphatic carbocycles. The van der Waals surface area contributed by atoms with E-state index in [1.54, 1.807) is 0 Å². The van der Waals surface area contributed by atoms with Gasteiger partial charge in [-0.1, -0.05) is 0 Å². The Morgan fingerprint density at radius 3 is 2.62 bits per heavy atom. The van der Waals surface area contributed by atoms with Crippen molar-refractivity contribution in [2.24, 2.45) is 5.41 Å². The maximum Gasteiger partial charge on any atom is 0.317 e.